The molecular weight excluding hydrogens is 264 g/mol. The van der Waals surface area contributed by atoms with Crippen LogP contribution in [-0.2, 0) is 10.0 Å². The van der Waals surface area contributed by atoms with Gasteiger partial charge in [-0.25, -0.2) is 8.42 Å². The zero-order chi connectivity index (χ0) is 14.2. The first-order valence-corrected chi connectivity index (χ1v) is 7.71. The summed E-state index contributed by atoms with van der Waals surface area (Å²) in [5.74, 6) is 0.422. The van der Waals surface area contributed by atoms with Crippen molar-refractivity contribution >= 4 is 10.0 Å². The Balaban J connectivity index is 2.51. The molecule has 0 spiro atoms. The van der Waals surface area contributed by atoms with Crippen LogP contribution in [0.4, 0.5) is 0 Å². The molecule has 0 saturated carbocycles. The number of methoxy groups -OCH3 is 1. The second-order valence-corrected chi connectivity index (χ2v) is 6.93. The number of ether oxygens (including phenoxy) is 1. The predicted octanol–water partition coefficient (Wildman–Crippen LogP) is 1.03. The van der Waals surface area contributed by atoms with E-state index in [0.29, 0.717) is 25.3 Å². The molecule has 1 atom stereocenters. The number of hydrogen-bond acceptors (Lipinski definition) is 4. The molecule has 6 heteroatoms. The van der Waals surface area contributed by atoms with Crippen LogP contribution in [0, 0.1) is 13.8 Å². The fourth-order valence-electron chi connectivity index (χ4n) is 2.48. The molecular formula is C13H20N2O3S. The molecule has 1 aliphatic rings. The molecule has 19 heavy (non-hydrogen) atoms. The molecule has 0 radical (unpaired) electrons. The smallest absolute Gasteiger partial charge is 0.246 e. The van der Waals surface area contributed by atoms with Crippen molar-refractivity contribution in [3.63, 3.8) is 0 Å². The third-order valence-corrected chi connectivity index (χ3v) is 5.26. The van der Waals surface area contributed by atoms with E-state index < -0.39 is 10.0 Å². The number of nitrogens with two attached hydrogens (primary N) is 1. The van der Waals surface area contributed by atoms with Crippen LogP contribution in [0.5, 0.6) is 5.75 Å². The van der Waals surface area contributed by atoms with Crippen molar-refractivity contribution in [2.75, 3.05) is 20.2 Å². The van der Waals surface area contributed by atoms with Gasteiger partial charge in [0.15, 0.2) is 0 Å². The van der Waals surface area contributed by atoms with E-state index in [-0.39, 0.29) is 10.9 Å². The number of nitrogens with zero attached hydrogens (tertiary/aromatic N) is 1. The number of sulfonamides is 1. The summed E-state index contributed by atoms with van der Waals surface area (Å²) < 4.78 is 32.0. The minimum Gasteiger partial charge on any atom is -0.495 e. The summed E-state index contributed by atoms with van der Waals surface area (Å²) in [5.41, 5.74) is 7.52. The van der Waals surface area contributed by atoms with E-state index in [2.05, 4.69) is 0 Å². The monoisotopic (exact) mass is 284 g/mol. The largest absolute Gasteiger partial charge is 0.495 e. The lowest BCUT2D eigenvalue weighted by Crippen LogP contribution is -2.32. The van der Waals surface area contributed by atoms with E-state index in [1.165, 1.54) is 11.4 Å². The third-order valence-electron chi connectivity index (χ3n) is 3.39. The fraction of sp³-hybridized carbons (Fsp3) is 0.538. The summed E-state index contributed by atoms with van der Waals surface area (Å²) in [4.78, 5) is 0.238. The lowest BCUT2D eigenvalue weighted by Gasteiger charge is -2.19. The first kappa shape index (κ1) is 14.3. The van der Waals surface area contributed by atoms with Crippen LogP contribution >= 0.6 is 0 Å². The molecule has 1 fully saturated rings. The summed E-state index contributed by atoms with van der Waals surface area (Å²) in [6.07, 6.45) is 0.701. The highest BCUT2D eigenvalue weighted by Crippen LogP contribution is 2.32. The molecule has 1 heterocycles. The van der Waals surface area contributed by atoms with Gasteiger partial charge in [-0.05, 0) is 37.5 Å². The van der Waals surface area contributed by atoms with Crippen molar-refractivity contribution in [1.82, 2.24) is 4.31 Å². The van der Waals surface area contributed by atoms with E-state index in [4.69, 9.17) is 10.5 Å². The second-order valence-electron chi connectivity index (χ2n) is 5.03. The van der Waals surface area contributed by atoms with Gasteiger partial charge in [0, 0.05) is 19.1 Å². The molecule has 1 aliphatic heterocycles. The van der Waals surface area contributed by atoms with Crippen LogP contribution in [-0.4, -0.2) is 39.0 Å². The van der Waals surface area contributed by atoms with E-state index in [0.717, 1.165) is 11.1 Å². The Labute approximate surface area is 114 Å². The second kappa shape index (κ2) is 5.11. The molecule has 0 amide bonds. The van der Waals surface area contributed by atoms with Gasteiger partial charge >= 0.3 is 0 Å². The lowest BCUT2D eigenvalue weighted by atomic mass is 10.1. The molecule has 5 nitrogen and oxygen atoms in total. The van der Waals surface area contributed by atoms with E-state index >= 15 is 0 Å². The van der Waals surface area contributed by atoms with Gasteiger partial charge in [-0.15, -0.1) is 0 Å². The molecule has 1 saturated heterocycles. The molecule has 2 rings (SSSR count). The minimum atomic E-state index is -3.53. The maximum atomic E-state index is 12.7. The van der Waals surface area contributed by atoms with E-state index in [1.54, 1.807) is 6.07 Å². The van der Waals surface area contributed by atoms with Crippen molar-refractivity contribution in [3.05, 3.63) is 23.3 Å². The highest BCUT2D eigenvalue weighted by Gasteiger charge is 2.33. The maximum Gasteiger partial charge on any atom is 0.246 e. The van der Waals surface area contributed by atoms with Crippen LogP contribution in [0.15, 0.2) is 17.0 Å². The van der Waals surface area contributed by atoms with Crippen molar-refractivity contribution in [3.8, 4) is 5.75 Å². The number of hydrogen-bond donors (Lipinski definition) is 1. The fourth-order valence-corrected chi connectivity index (χ4v) is 4.31. The van der Waals surface area contributed by atoms with Crippen molar-refractivity contribution < 1.29 is 13.2 Å². The first-order chi connectivity index (χ1) is 8.86. The normalized spacial score (nSPS) is 20.7. The topological polar surface area (TPSA) is 72.6 Å². The minimum absolute atomic E-state index is 0.0772. The average molecular weight is 284 g/mol. The van der Waals surface area contributed by atoms with Crippen LogP contribution in [0.2, 0.25) is 0 Å². The molecule has 106 valence electrons. The molecule has 0 aliphatic carbocycles. The Morgan fingerprint density at radius 1 is 1.37 bits per heavy atom. The van der Waals surface area contributed by atoms with E-state index in [9.17, 15) is 8.42 Å². The molecule has 2 N–H and O–H groups in total. The summed E-state index contributed by atoms with van der Waals surface area (Å²) in [6, 6.07) is 3.49. The van der Waals surface area contributed by atoms with Crippen LogP contribution in [0.25, 0.3) is 0 Å². The summed E-state index contributed by atoms with van der Waals surface area (Å²) in [6.45, 7) is 4.57. The average Bonchev–Trinajstić information content (AvgIpc) is 2.75. The van der Waals surface area contributed by atoms with Gasteiger partial charge in [0.25, 0.3) is 0 Å². The van der Waals surface area contributed by atoms with Gasteiger partial charge in [0.05, 0.1) is 7.11 Å². The predicted molar refractivity (Wildman–Crippen MR) is 73.8 cm³/mol. The maximum absolute atomic E-state index is 12.7. The zero-order valence-corrected chi connectivity index (χ0v) is 12.3. The molecule has 0 aromatic heterocycles. The third kappa shape index (κ3) is 2.61. The molecule has 0 bridgehead atoms. The van der Waals surface area contributed by atoms with Crippen LogP contribution in [0.3, 0.4) is 0 Å². The van der Waals surface area contributed by atoms with E-state index in [1.807, 2.05) is 19.9 Å². The quantitative estimate of drug-likeness (QED) is 0.900. The number of rotatable bonds is 3. The Hall–Kier alpha value is -1.11. The lowest BCUT2D eigenvalue weighted by molar-refractivity contribution is 0.395. The van der Waals surface area contributed by atoms with Crippen molar-refractivity contribution in [2.45, 2.75) is 31.2 Å². The van der Waals surface area contributed by atoms with Gasteiger partial charge in [-0.3, -0.25) is 0 Å². The Bertz CT molecular complexity index is 584. The zero-order valence-electron chi connectivity index (χ0n) is 11.5. The highest BCUT2D eigenvalue weighted by atomic mass is 32.2. The summed E-state index contributed by atoms with van der Waals surface area (Å²) in [5, 5.41) is 0. The van der Waals surface area contributed by atoms with Crippen LogP contribution in [0.1, 0.15) is 17.5 Å². The van der Waals surface area contributed by atoms with Gasteiger partial charge in [-0.2, -0.15) is 4.31 Å². The summed E-state index contributed by atoms with van der Waals surface area (Å²) >= 11 is 0. The Morgan fingerprint density at radius 3 is 2.58 bits per heavy atom. The standard InChI is InChI=1S/C13H20N2O3S/c1-9-6-10(2)13(18-3)12(7-9)19(16,17)15-5-4-11(14)8-15/h6-7,11H,4-5,8,14H2,1-3H3/t11-/m0/s1. The molecule has 0 unspecified atom stereocenters. The highest BCUT2D eigenvalue weighted by molar-refractivity contribution is 7.89. The first-order valence-electron chi connectivity index (χ1n) is 6.27. The van der Waals surface area contributed by atoms with Gasteiger partial charge in [-0.1, -0.05) is 6.07 Å². The van der Waals surface area contributed by atoms with Gasteiger partial charge in [0.2, 0.25) is 10.0 Å². The Kier molecular flexibility index (Phi) is 3.85. The number of benzene rings is 1. The number of aryl methyl sites for hydroxylation is 2. The van der Waals surface area contributed by atoms with Crippen molar-refractivity contribution in [2.24, 2.45) is 5.73 Å². The SMILES string of the molecule is COc1c(C)cc(C)cc1S(=O)(=O)N1CC[C@H](N)C1. The van der Waals surface area contributed by atoms with Gasteiger partial charge in [0.1, 0.15) is 10.6 Å². The van der Waals surface area contributed by atoms with Crippen molar-refractivity contribution in [1.29, 1.82) is 0 Å². The Morgan fingerprint density at radius 2 is 2.05 bits per heavy atom. The van der Waals surface area contributed by atoms with Crippen LogP contribution < -0.4 is 10.5 Å². The summed E-state index contributed by atoms with van der Waals surface area (Å²) in [7, 11) is -2.04. The molecule has 1 aromatic rings. The van der Waals surface area contributed by atoms with Gasteiger partial charge < -0.3 is 10.5 Å². The molecule has 1 aromatic carbocycles.